The van der Waals surface area contributed by atoms with Gasteiger partial charge in [0.05, 0.1) is 0 Å². The summed E-state index contributed by atoms with van der Waals surface area (Å²) in [5.41, 5.74) is 1.43. The molecule has 0 aliphatic rings. The van der Waals surface area contributed by atoms with Gasteiger partial charge in [0.2, 0.25) is 0 Å². The molecule has 0 unspecified atom stereocenters. The molecule has 0 aliphatic heterocycles. The number of aromatic nitrogens is 2. The van der Waals surface area contributed by atoms with Crippen molar-refractivity contribution >= 4 is 5.97 Å². The fraction of sp³-hybridized carbons (Fsp3) is 0.250. The van der Waals surface area contributed by atoms with E-state index < -0.39 is 5.97 Å². The van der Waals surface area contributed by atoms with Gasteiger partial charge in [-0.2, -0.15) is 5.10 Å². The van der Waals surface area contributed by atoms with Crippen LogP contribution in [-0.4, -0.2) is 20.9 Å². The number of aryl methyl sites for hydroxylation is 2. The van der Waals surface area contributed by atoms with Crippen molar-refractivity contribution in [2.75, 3.05) is 0 Å². The number of carboxylic acids is 1. The van der Waals surface area contributed by atoms with E-state index in [1.807, 2.05) is 12.8 Å². The second kappa shape index (κ2) is 3.09. The van der Waals surface area contributed by atoms with Crippen molar-refractivity contribution in [3.8, 4) is 11.8 Å². The minimum Gasteiger partial charge on any atom is -0.472 e. The number of carbonyl (C=O) groups is 1. The third kappa shape index (κ3) is 1.86. The Kier molecular flexibility index (Phi) is 2.15. The maximum atomic E-state index is 10.1. The average Bonchev–Trinajstić information content (AvgIpc) is 2.28. The van der Waals surface area contributed by atoms with Crippen molar-refractivity contribution < 1.29 is 9.90 Å². The summed E-state index contributed by atoms with van der Waals surface area (Å²) >= 11 is 0. The number of carboxylic acid groups (broad SMARTS) is 1. The van der Waals surface area contributed by atoms with Gasteiger partial charge in [-0.05, 0) is 18.9 Å². The molecule has 4 heteroatoms. The highest BCUT2D eigenvalue weighted by Crippen LogP contribution is 1.98. The van der Waals surface area contributed by atoms with Gasteiger partial charge in [0.25, 0.3) is 0 Å². The van der Waals surface area contributed by atoms with E-state index in [0.717, 1.165) is 5.69 Å². The molecule has 12 heavy (non-hydrogen) atoms. The Morgan fingerprint density at radius 3 is 2.83 bits per heavy atom. The van der Waals surface area contributed by atoms with Crippen LogP contribution in [0.3, 0.4) is 0 Å². The third-order valence-electron chi connectivity index (χ3n) is 1.41. The molecule has 1 rings (SSSR count). The van der Waals surface area contributed by atoms with E-state index in [9.17, 15) is 4.79 Å². The Morgan fingerprint density at radius 2 is 2.42 bits per heavy atom. The van der Waals surface area contributed by atoms with Crippen molar-refractivity contribution in [2.45, 2.75) is 6.92 Å². The monoisotopic (exact) mass is 164 g/mol. The molecule has 1 aromatic rings. The second-order valence-electron chi connectivity index (χ2n) is 2.35. The second-order valence-corrected chi connectivity index (χ2v) is 2.35. The van der Waals surface area contributed by atoms with Gasteiger partial charge >= 0.3 is 5.97 Å². The molecule has 1 heterocycles. The number of aliphatic carboxylic acids is 1. The summed E-state index contributed by atoms with van der Waals surface area (Å²) in [6, 6.07) is 1.73. The summed E-state index contributed by atoms with van der Waals surface area (Å²) in [6.07, 6.45) is 0. The molecule has 0 bridgehead atoms. The summed E-state index contributed by atoms with van der Waals surface area (Å²) < 4.78 is 1.64. The highest BCUT2D eigenvalue weighted by atomic mass is 16.4. The molecule has 62 valence electrons. The Morgan fingerprint density at radius 1 is 1.75 bits per heavy atom. The van der Waals surface area contributed by atoms with Crippen LogP contribution in [0.5, 0.6) is 0 Å². The molecule has 0 aliphatic carbocycles. The van der Waals surface area contributed by atoms with Crippen molar-refractivity contribution in [3.63, 3.8) is 0 Å². The molecule has 1 N–H and O–H groups in total. The molecule has 0 amide bonds. The Balaban J connectivity index is 2.93. The molecule has 0 spiro atoms. The predicted molar refractivity (Wildman–Crippen MR) is 42.5 cm³/mol. The zero-order chi connectivity index (χ0) is 9.14. The van der Waals surface area contributed by atoms with Crippen molar-refractivity contribution in [2.24, 2.45) is 7.05 Å². The summed E-state index contributed by atoms with van der Waals surface area (Å²) in [5, 5.41) is 12.2. The van der Waals surface area contributed by atoms with Crippen molar-refractivity contribution in [1.29, 1.82) is 0 Å². The lowest BCUT2D eigenvalue weighted by atomic mass is 10.4. The van der Waals surface area contributed by atoms with Crippen LogP contribution in [-0.2, 0) is 11.8 Å². The van der Waals surface area contributed by atoms with E-state index in [0.29, 0.717) is 5.69 Å². The predicted octanol–water partition coefficient (Wildman–Crippen LogP) is 0.165. The molecule has 1 aromatic heterocycles. The Bertz CT molecular complexity index is 349. The van der Waals surface area contributed by atoms with Crippen LogP contribution in [0.4, 0.5) is 0 Å². The quantitative estimate of drug-likeness (QED) is 0.556. The number of hydrogen-bond donors (Lipinski definition) is 1. The first kappa shape index (κ1) is 8.34. The molecule has 0 saturated carbocycles. The highest BCUT2D eigenvalue weighted by Gasteiger charge is 1.96. The van der Waals surface area contributed by atoms with Gasteiger partial charge in [0.1, 0.15) is 5.69 Å². The van der Waals surface area contributed by atoms with E-state index in [4.69, 9.17) is 5.11 Å². The third-order valence-corrected chi connectivity index (χ3v) is 1.41. The lowest BCUT2D eigenvalue weighted by molar-refractivity contribution is -0.130. The van der Waals surface area contributed by atoms with Crippen molar-refractivity contribution in [3.05, 3.63) is 17.5 Å². The Labute approximate surface area is 69.8 Å². The number of nitrogens with zero attached hydrogens (tertiary/aromatic N) is 2. The van der Waals surface area contributed by atoms with Gasteiger partial charge in [0.15, 0.2) is 0 Å². The van der Waals surface area contributed by atoms with Gasteiger partial charge in [-0.3, -0.25) is 4.68 Å². The van der Waals surface area contributed by atoms with Gasteiger partial charge in [-0.25, -0.2) is 4.79 Å². The molecular formula is C8H8N2O2. The van der Waals surface area contributed by atoms with Gasteiger partial charge in [-0.1, -0.05) is 0 Å². The summed E-state index contributed by atoms with van der Waals surface area (Å²) in [6.45, 7) is 1.87. The van der Waals surface area contributed by atoms with E-state index >= 15 is 0 Å². The van der Waals surface area contributed by atoms with Gasteiger partial charge in [0, 0.05) is 18.7 Å². The van der Waals surface area contributed by atoms with Crippen LogP contribution in [0.2, 0.25) is 0 Å². The first-order valence-electron chi connectivity index (χ1n) is 3.35. The van der Waals surface area contributed by atoms with Crippen LogP contribution in [0.25, 0.3) is 0 Å². The van der Waals surface area contributed by atoms with Crippen LogP contribution >= 0.6 is 0 Å². The maximum Gasteiger partial charge on any atom is 0.382 e. The molecule has 0 aromatic carbocycles. The smallest absolute Gasteiger partial charge is 0.382 e. The van der Waals surface area contributed by atoms with Gasteiger partial charge in [-0.15, -0.1) is 0 Å². The fourth-order valence-electron chi connectivity index (χ4n) is 0.739. The van der Waals surface area contributed by atoms with E-state index in [1.54, 1.807) is 17.8 Å². The van der Waals surface area contributed by atoms with E-state index in [-0.39, 0.29) is 0 Å². The van der Waals surface area contributed by atoms with Crippen LogP contribution < -0.4 is 0 Å². The molecule has 0 saturated heterocycles. The van der Waals surface area contributed by atoms with E-state index in [1.165, 1.54) is 0 Å². The Hall–Kier alpha value is -1.76. The molecule has 0 fully saturated rings. The minimum atomic E-state index is -1.14. The zero-order valence-electron chi connectivity index (χ0n) is 6.83. The van der Waals surface area contributed by atoms with Crippen molar-refractivity contribution in [1.82, 2.24) is 9.78 Å². The van der Waals surface area contributed by atoms with Gasteiger partial charge < -0.3 is 5.11 Å². The molecule has 4 nitrogen and oxygen atoms in total. The normalized spacial score (nSPS) is 8.83. The van der Waals surface area contributed by atoms with Crippen LogP contribution in [0.1, 0.15) is 11.4 Å². The number of rotatable bonds is 0. The molecule has 0 atom stereocenters. The van der Waals surface area contributed by atoms with E-state index in [2.05, 4.69) is 11.0 Å². The summed E-state index contributed by atoms with van der Waals surface area (Å²) in [5.74, 6) is 3.28. The standard InChI is InChI=1S/C8H8N2O2/c1-6-5-7(9-10(6)2)3-4-8(11)12/h5H,1-2H3,(H,11,12). The fourth-order valence-corrected chi connectivity index (χ4v) is 0.739. The molecule has 0 radical (unpaired) electrons. The first-order chi connectivity index (χ1) is 5.59. The number of hydrogen-bond acceptors (Lipinski definition) is 2. The molecular weight excluding hydrogens is 156 g/mol. The summed E-state index contributed by atoms with van der Waals surface area (Å²) in [7, 11) is 1.78. The lowest BCUT2D eigenvalue weighted by Crippen LogP contribution is -1.92. The van der Waals surface area contributed by atoms with Crippen LogP contribution in [0.15, 0.2) is 6.07 Å². The van der Waals surface area contributed by atoms with Crippen LogP contribution in [0, 0.1) is 18.8 Å². The largest absolute Gasteiger partial charge is 0.472 e. The average molecular weight is 164 g/mol. The SMILES string of the molecule is Cc1cc(C#CC(=O)O)nn1C. The first-order valence-corrected chi connectivity index (χ1v) is 3.35. The minimum absolute atomic E-state index is 0.484. The summed E-state index contributed by atoms with van der Waals surface area (Å²) in [4.78, 5) is 10.1. The maximum absolute atomic E-state index is 10.1. The highest BCUT2D eigenvalue weighted by molar-refractivity contribution is 5.87. The topological polar surface area (TPSA) is 55.1 Å². The lowest BCUT2D eigenvalue weighted by Gasteiger charge is -1.87. The zero-order valence-corrected chi connectivity index (χ0v) is 6.83.